The largest absolute Gasteiger partial charge is 0.496 e. The Bertz CT molecular complexity index is 402. The van der Waals surface area contributed by atoms with Crippen molar-refractivity contribution < 1.29 is 9.53 Å². The zero-order chi connectivity index (χ0) is 12.0. The lowest BCUT2D eigenvalue weighted by Crippen LogP contribution is -2.19. The first-order valence-corrected chi connectivity index (χ1v) is 5.67. The Hall–Kier alpha value is -1.29. The predicted octanol–water partition coefficient (Wildman–Crippen LogP) is 2.61. The van der Waals surface area contributed by atoms with E-state index < -0.39 is 0 Å². The molecule has 3 nitrogen and oxygen atoms in total. The van der Waals surface area contributed by atoms with Gasteiger partial charge in [-0.05, 0) is 18.2 Å². The third kappa shape index (κ3) is 4.06. The molecule has 1 amide bonds. The number of ether oxygens (including phenoxy) is 1. The Balaban J connectivity index is 2.71. The van der Waals surface area contributed by atoms with E-state index >= 15 is 0 Å². The van der Waals surface area contributed by atoms with Gasteiger partial charge in [0.25, 0.3) is 0 Å². The maximum atomic E-state index is 10.7. The van der Waals surface area contributed by atoms with Gasteiger partial charge < -0.3 is 10.1 Å². The Morgan fingerprint density at radius 2 is 2.31 bits per heavy atom. The van der Waals surface area contributed by atoms with Crippen LogP contribution in [0.5, 0.6) is 5.75 Å². The average Bonchev–Trinajstić information content (AvgIpc) is 2.24. The predicted molar refractivity (Wildman–Crippen MR) is 68.4 cm³/mol. The van der Waals surface area contributed by atoms with Gasteiger partial charge in [-0.3, -0.25) is 4.79 Å². The van der Waals surface area contributed by atoms with Crippen LogP contribution in [0.4, 0.5) is 0 Å². The highest BCUT2D eigenvalue weighted by Gasteiger charge is 1.99. The SMILES string of the molecule is COc1ccc(Br)cc1C=CCNC(C)=O. The third-order valence-electron chi connectivity index (χ3n) is 1.96. The second-order valence-corrected chi connectivity index (χ2v) is 4.14. The zero-order valence-corrected chi connectivity index (χ0v) is 10.9. The van der Waals surface area contributed by atoms with Gasteiger partial charge in [-0.15, -0.1) is 0 Å². The molecule has 1 rings (SSSR count). The van der Waals surface area contributed by atoms with Gasteiger partial charge in [0.2, 0.25) is 5.91 Å². The highest BCUT2D eigenvalue weighted by molar-refractivity contribution is 9.10. The number of carbonyl (C=O) groups is 1. The third-order valence-corrected chi connectivity index (χ3v) is 2.45. The van der Waals surface area contributed by atoms with Crippen molar-refractivity contribution in [1.29, 1.82) is 0 Å². The molecule has 0 aromatic heterocycles. The van der Waals surface area contributed by atoms with E-state index in [9.17, 15) is 4.79 Å². The van der Waals surface area contributed by atoms with Crippen LogP contribution in [0.25, 0.3) is 6.08 Å². The highest BCUT2D eigenvalue weighted by Crippen LogP contribution is 2.23. The molecular formula is C12H14BrNO2. The fourth-order valence-electron chi connectivity index (χ4n) is 1.22. The van der Waals surface area contributed by atoms with Gasteiger partial charge in [0.15, 0.2) is 0 Å². The van der Waals surface area contributed by atoms with Crippen molar-refractivity contribution >= 4 is 27.9 Å². The van der Waals surface area contributed by atoms with Crippen molar-refractivity contribution in [2.45, 2.75) is 6.92 Å². The Labute approximate surface area is 104 Å². The minimum absolute atomic E-state index is 0.0362. The van der Waals surface area contributed by atoms with Gasteiger partial charge in [-0.25, -0.2) is 0 Å². The van der Waals surface area contributed by atoms with E-state index in [-0.39, 0.29) is 5.91 Å². The van der Waals surface area contributed by atoms with Crippen LogP contribution in [0.3, 0.4) is 0 Å². The summed E-state index contributed by atoms with van der Waals surface area (Å²) in [5, 5.41) is 2.69. The Morgan fingerprint density at radius 1 is 1.56 bits per heavy atom. The molecule has 0 aliphatic rings. The van der Waals surface area contributed by atoms with Crippen LogP contribution in [-0.4, -0.2) is 19.6 Å². The second-order valence-electron chi connectivity index (χ2n) is 3.23. The molecule has 4 heteroatoms. The number of amides is 1. The number of methoxy groups -OCH3 is 1. The van der Waals surface area contributed by atoms with Crippen LogP contribution in [0, 0.1) is 0 Å². The van der Waals surface area contributed by atoms with Crippen molar-refractivity contribution in [1.82, 2.24) is 5.32 Å². The molecule has 0 heterocycles. The summed E-state index contributed by atoms with van der Waals surface area (Å²) in [7, 11) is 1.63. The first-order chi connectivity index (χ1) is 7.63. The second kappa shape index (κ2) is 6.33. The normalized spacial score (nSPS) is 10.4. The van der Waals surface area contributed by atoms with Crippen LogP contribution in [-0.2, 0) is 4.79 Å². The van der Waals surface area contributed by atoms with Crippen LogP contribution in [0.2, 0.25) is 0 Å². The summed E-state index contributed by atoms with van der Waals surface area (Å²) in [6.45, 7) is 2.01. The highest BCUT2D eigenvalue weighted by atomic mass is 79.9. The van der Waals surface area contributed by atoms with Crippen LogP contribution >= 0.6 is 15.9 Å². The number of rotatable bonds is 4. The number of hydrogen-bond donors (Lipinski definition) is 1. The molecule has 0 spiro atoms. The number of hydrogen-bond acceptors (Lipinski definition) is 2. The van der Waals surface area contributed by atoms with Gasteiger partial charge in [-0.1, -0.05) is 28.1 Å². The van der Waals surface area contributed by atoms with Crippen molar-refractivity contribution in [2.75, 3.05) is 13.7 Å². The van der Waals surface area contributed by atoms with E-state index in [4.69, 9.17) is 4.74 Å². The lowest BCUT2D eigenvalue weighted by atomic mass is 10.2. The first-order valence-electron chi connectivity index (χ1n) is 4.88. The minimum atomic E-state index is -0.0362. The van der Waals surface area contributed by atoms with Crippen molar-refractivity contribution in [3.63, 3.8) is 0 Å². The molecule has 0 unspecified atom stereocenters. The minimum Gasteiger partial charge on any atom is -0.496 e. The molecule has 0 fully saturated rings. The van der Waals surface area contributed by atoms with E-state index in [1.165, 1.54) is 6.92 Å². The number of carbonyl (C=O) groups excluding carboxylic acids is 1. The van der Waals surface area contributed by atoms with Crippen molar-refractivity contribution in [3.05, 3.63) is 34.3 Å². The maximum Gasteiger partial charge on any atom is 0.217 e. The van der Waals surface area contributed by atoms with Gasteiger partial charge in [-0.2, -0.15) is 0 Å². The average molecular weight is 284 g/mol. The molecule has 0 bridgehead atoms. The van der Waals surface area contributed by atoms with Crippen molar-refractivity contribution in [3.8, 4) is 5.75 Å². The molecule has 1 aromatic carbocycles. The van der Waals surface area contributed by atoms with Crippen LogP contribution in [0.15, 0.2) is 28.7 Å². The standard InChI is InChI=1S/C12H14BrNO2/c1-9(15)14-7-3-4-10-8-11(13)5-6-12(10)16-2/h3-6,8H,7H2,1-2H3,(H,14,15). The summed E-state index contributed by atoms with van der Waals surface area (Å²) >= 11 is 3.40. The number of halogens is 1. The van der Waals surface area contributed by atoms with Crippen molar-refractivity contribution in [2.24, 2.45) is 0 Å². The molecule has 0 radical (unpaired) electrons. The van der Waals surface area contributed by atoms with E-state index in [1.54, 1.807) is 7.11 Å². The number of benzene rings is 1. The molecule has 0 atom stereocenters. The van der Waals surface area contributed by atoms with E-state index in [2.05, 4.69) is 21.2 Å². The summed E-state index contributed by atoms with van der Waals surface area (Å²) in [5.74, 6) is 0.771. The van der Waals surface area contributed by atoms with Crippen LogP contribution < -0.4 is 10.1 Å². The van der Waals surface area contributed by atoms with Gasteiger partial charge in [0.1, 0.15) is 5.75 Å². The quantitative estimate of drug-likeness (QED) is 0.923. The van der Waals surface area contributed by atoms with Gasteiger partial charge >= 0.3 is 0 Å². The first kappa shape index (κ1) is 12.8. The summed E-state index contributed by atoms with van der Waals surface area (Å²) in [6, 6.07) is 5.77. The zero-order valence-electron chi connectivity index (χ0n) is 9.29. The fraction of sp³-hybridized carbons (Fsp3) is 0.250. The monoisotopic (exact) mass is 283 g/mol. The molecule has 0 aliphatic carbocycles. The van der Waals surface area contributed by atoms with Gasteiger partial charge in [0.05, 0.1) is 7.11 Å². The molecule has 0 saturated heterocycles. The summed E-state index contributed by atoms with van der Waals surface area (Å²) in [4.78, 5) is 10.7. The van der Waals surface area contributed by atoms with E-state index in [0.29, 0.717) is 6.54 Å². The Morgan fingerprint density at radius 3 is 2.94 bits per heavy atom. The maximum absolute atomic E-state index is 10.7. The summed E-state index contributed by atoms with van der Waals surface area (Å²) in [6.07, 6.45) is 3.80. The van der Waals surface area contributed by atoms with Gasteiger partial charge in [0, 0.05) is 23.5 Å². The molecule has 0 saturated carbocycles. The molecule has 86 valence electrons. The van der Waals surface area contributed by atoms with Crippen LogP contribution in [0.1, 0.15) is 12.5 Å². The fourth-order valence-corrected chi connectivity index (χ4v) is 1.60. The molecule has 0 aliphatic heterocycles. The van der Waals surface area contributed by atoms with E-state index in [0.717, 1.165) is 15.8 Å². The molecular weight excluding hydrogens is 270 g/mol. The number of nitrogens with one attached hydrogen (secondary N) is 1. The summed E-state index contributed by atoms with van der Waals surface area (Å²) < 4.78 is 6.21. The summed E-state index contributed by atoms with van der Waals surface area (Å²) in [5.41, 5.74) is 0.974. The molecule has 1 N–H and O–H groups in total. The lowest BCUT2D eigenvalue weighted by Gasteiger charge is -2.04. The molecule has 1 aromatic rings. The van der Waals surface area contributed by atoms with E-state index in [1.807, 2.05) is 30.4 Å². The topological polar surface area (TPSA) is 38.3 Å². The Kier molecular flexibility index (Phi) is 5.05. The molecule has 16 heavy (non-hydrogen) atoms. The smallest absolute Gasteiger partial charge is 0.217 e. The lowest BCUT2D eigenvalue weighted by molar-refractivity contribution is -0.118.